The molecule has 0 saturated carbocycles. The van der Waals surface area contributed by atoms with Gasteiger partial charge in [-0.15, -0.1) is 0 Å². The summed E-state index contributed by atoms with van der Waals surface area (Å²) in [5.74, 6) is 3.66. The first-order valence-electron chi connectivity index (χ1n) is 5.33. The van der Waals surface area contributed by atoms with Gasteiger partial charge in [-0.25, -0.2) is 10.6 Å². The molecule has 1 atom stereocenters. The van der Waals surface area contributed by atoms with Crippen LogP contribution in [-0.2, 0) is 16.0 Å². The number of phenols is 2. The van der Waals surface area contributed by atoms with Crippen molar-refractivity contribution >= 4 is 12.0 Å². The van der Waals surface area contributed by atoms with Crippen LogP contribution in [0.15, 0.2) is 12.1 Å². The number of hydrazine groups is 1. The highest BCUT2D eigenvalue weighted by molar-refractivity contribution is 5.83. The molecule has 0 aromatic heterocycles. The number of nitrogens with two attached hydrogens (primary N) is 2. The summed E-state index contributed by atoms with van der Waals surface area (Å²) in [4.78, 5) is 22.2. The van der Waals surface area contributed by atoms with Gasteiger partial charge in [0.15, 0.2) is 17.6 Å². The van der Waals surface area contributed by atoms with Crippen molar-refractivity contribution in [2.75, 3.05) is 0 Å². The Morgan fingerprint density at radius 1 is 1.42 bits per heavy atom. The second kappa shape index (κ2) is 5.91. The normalized spacial score (nSPS) is 11.7. The van der Waals surface area contributed by atoms with Gasteiger partial charge in [-0.05, 0) is 24.1 Å². The number of ether oxygens (including phenoxy) is 1. The van der Waals surface area contributed by atoms with Gasteiger partial charge in [-0.2, -0.15) is 0 Å². The molecule has 0 bridgehead atoms. The highest BCUT2D eigenvalue weighted by atomic mass is 16.6. The van der Waals surface area contributed by atoms with E-state index in [-0.39, 0.29) is 17.9 Å². The van der Waals surface area contributed by atoms with E-state index >= 15 is 0 Å². The van der Waals surface area contributed by atoms with Crippen molar-refractivity contribution in [1.29, 1.82) is 0 Å². The minimum absolute atomic E-state index is 0.0361. The van der Waals surface area contributed by atoms with Gasteiger partial charge in [0, 0.05) is 6.42 Å². The first-order valence-corrected chi connectivity index (χ1v) is 5.33. The lowest BCUT2D eigenvalue weighted by molar-refractivity contribution is -0.129. The minimum atomic E-state index is -1.22. The molecule has 1 rings (SSSR count). The summed E-state index contributed by atoms with van der Waals surface area (Å²) >= 11 is 0. The smallest absolute Gasteiger partial charge is 0.405 e. The fourth-order valence-corrected chi connectivity index (χ4v) is 1.57. The highest BCUT2D eigenvalue weighted by Crippen LogP contribution is 2.31. The Morgan fingerprint density at radius 2 is 2.05 bits per heavy atom. The number of phenolic OH excluding ortho intramolecular Hbond substituents is 2. The molecule has 19 heavy (non-hydrogen) atoms. The molecule has 0 heterocycles. The quantitative estimate of drug-likeness (QED) is 0.213. The number of carbonyl (C=O) groups excluding carboxylic acids is 2. The molecule has 0 saturated heterocycles. The van der Waals surface area contributed by atoms with Gasteiger partial charge in [0.05, 0.1) is 0 Å². The largest absolute Gasteiger partial charge is 0.504 e. The third-order valence-electron chi connectivity index (χ3n) is 2.62. The van der Waals surface area contributed by atoms with Crippen LogP contribution in [-0.4, -0.2) is 28.3 Å². The zero-order valence-electron chi connectivity index (χ0n) is 10.2. The van der Waals surface area contributed by atoms with Crippen LogP contribution in [0.1, 0.15) is 11.1 Å². The van der Waals surface area contributed by atoms with Gasteiger partial charge in [-0.1, -0.05) is 6.07 Å². The second-order valence-corrected chi connectivity index (χ2v) is 3.86. The van der Waals surface area contributed by atoms with Gasteiger partial charge < -0.3 is 20.7 Å². The van der Waals surface area contributed by atoms with Crippen LogP contribution in [0.25, 0.3) is 0 Å². The zero-order chi connectivity index (χ0) is 14.6. The molecular weight excluding hydrogens is 254 g/mol. The standard InChI is InChI=1S/C11H15N3O5/c1-5-6(2-3-7(15)9(5)16)4-8(10(17)14-13)19-11(12)18/h2-3,8,15-16H,4,13H2,1H3,(H2,12,18)(H,14,17). The minimum Gasteiger partial charge on any atom is -0.504 e. The summed E-state index contributed by atoms with van der Waals surface area (Å²) < 4.78 is 4.63. The van der Waals surface area contributed by atoms with Crippen LogP contribution >= 0.6 is 0 Å². The molecule has 0 aliphatic heterocycles. The number of aromatic hydroxyl groups is 2. The Hall–Kier alpha value is -2.48. The van der Waals surface area contributed by atoms with Crippen LogP contribution in [0, 0.1) is 6.92 Å². The number of nitrogens with one attached hydrogen (secondary N) is 1. The fraction of sp³-hybridized carbons (Fsp3) is 0.273. The van der Waals surface area contributed by atoms with Crippen molar-refractivity contribution in [2.45, 2.75) is 19.4 Å². The molecule has 1 aromatic rings. The van der Waals surface area contributed by atoms with E-state index in [0.717, 1.165) is 0 Å². The molecule has 8 nitrogen and oxygen atoms in total. The molecule has 1 unspecified atom stereocenters. The van der Waals surface area contributed by atoms with Crippen molar-refractivity contribution in [1.82, 2.24) is 5.43 Å². The highest BCUT2D eigenvalue weighted by Gasteiger charge is 2.23. The van der Waals surface area contributed by atoms with Crippen LogP contribution in [0.3, 0.4) is 0 Å². The Labute approximate surface area is 108 Å². The molecule has 0 fully saturated rings. The number of amides is 2. The van der Waals surface area contributed by atoms with E-state index in [1.165, 1.54) is 12.1 Å². The Kier molecular flexibility index (Phi) is 4.54. The lowest BCUT2D eigenvalue weighted by Crippen LogP contribution is -2.43. The summed E-state index contributed by atoms with van der Waals surface area (Å²) in [6.45, 7) is 1.55. The number of benzene rings is 1. The predicted molar refractivity (Wildman–Crippen MR) is 65.0 cm³/mol. The monoisotopic (exact) mass is 269 g/mol. The topological polar surface area (TPSA) is 148 Å². The number of hydrogen-bond donors (Lipinski definition) is 5. The van der Waals surface area contributed by atoms with Gasteiger partial charge in [0.25, 0.3) is 5.91 Å². The molecule has 8 heteroatoms. The van der Waals surface area contributed by atoms with Crippen molar-refractivity contribution < 1.29 is 24.5 Å². The molecule has 1 aromatic carbocycles. The van der Waals surface area contributed by atoms with Gasteiger partial charge >= 0.3 is 6.09 Å². The summed E-state index contributed by atoms with van der Waals surface area (Å²) in [7, 11) is 0. The lowest BCUT2D eigenvalue weighted by atomic mass is 10.0. The maximum Gasteiger partial charge on any atom is 0.405 e. The van der Waals surface area contributed by atoms with Gasteiger partial charge in [0.2, 0.25) is 0 Å². The van der Waals surface area contributed by atoms with Crippen LogP contribution < -0.4 is 17.0 Å². The summed E-state index contributed by atoms with van der Waals surface area (Å²) in [6, 6.07) is 2.75. The maximum atomic E-state index is 11.4. The molecular formula is C11H15N3O5. The molecule has 0 radical (unpaired) electrons. The fourth-order valence-electron chi connectivity index (χ4n) is 1.57. The average molecular weight is 269 g/mol. The lowest BCUT2D eigenvalue weighted by Gasteiger charge is -2.16. The Bertz CT molecular complexity index is 503. The summed E-state index contributed by atoms with van der Waals surface area (Å²) in [5, 5.41) is 18.9. The molecule has 0 spiro atoms. The summed E-state index contributed by atoms with van der Waals surface area (Å²) in [5.41, 5.74) is 7.58. The first-order chi connectivity index (χ1) is 8.86. The zero-order valence-corrected chi connectivity index (χ0v) is 10.2. The van der Waals surface area contributed by atoms with Crippen LogP contribution in [0.4, 0.5) is 4.79 Å². The van der Waals surface area contributed by atoms with E-state index in [4.69, 9.17) is 11.6 Å². The van der Waals surface area contributed by atoms with Crippen molar-refractivity contribution in [3.63, 3.8) is 0 Å². The third kappa shape index (κ3) is 3.49. The van der Waals surface area contributed by atoms with E-state index < -0.39 is 18.1 Å². The predicted octanol–water partition coefficient (Wildman–Crippen LogP) is -0.597. The summed E-state index contributed by atoms with van der Waals surface area (Å²) in [6.07, 6.45) is -2.37. The van der Waals surface area contributed by atoms with Gasteiger partial charge in [-0.3, -0.25) is 10.2 Å². The van der Waals surface area contributed by atoms with E-state index in [9.17, 15) is 19.8 Å². The molecule has 104 valence electrons. The number of carbonyl (C=O) groups is 2. The van der Waals surface area contributed by atoms with E-state index in [2.05, 4.69) is 4.74 Å². The molecule has 0 aliphatic rings. The average Bonchev–Trinajstić information content (AvgIpc) is 2.37. The second-order valence-electron chi connectivity index (χ2n) is 3.86. The maximum absolute atomic E-state index is 11.4. The molecule has 2 amide bonds. The van der Waals surface area contributed by atoms with Crippen LogP contribution in [0.2, 0.25) is 0 Å². The van der Waals surface area contributed by atoms with Crippen molar-refractivity contribution in [3.8, 4) is 11.5 Å². The van der Waals surface area contributed by atoms with E-state index in [1.807, 2.05) is 5.43 Å². The number of primary amides is 1. The third-order valence-corrected chi connectivity index (χ3v) is 2.62. The van der Waals surface area contributed by atoms with Gasteiger partial charge in [0.1, 0.15) is 0 Å². The van der Waals surface area contributed by atoms with Crippen molar-refractivity contribution in [3.05, 3.63) is 23.3 Å². The Balaban J connectivity index is 2.99. The van der Waals surface area contributed by atoms with E-state index in [0.29, 0.717) is 11.1 Å². The first kappa shape index (κ1) is 14.6. The number of rotatable bonds is 4. The van der Waals surface area contributed by atoms with Crippen molar-refractivity contribution in [2.24, 2.45) is 11.6 Å². The number of hydrogen-bond acceptors (Lipinski definition) is 6. The Morgan fingerprint density at radius 3 is 2.58 bits per heavy atom. The molecule has 0 aliphatic carbocycles. The van der Waals surface area contributed by atoms with E-state index in [1.54, 1.807) is 6.92 Å². The molecule has 7 N–H and O–H groups in total. The van der Waals surface area contributed by atoms with Crippen LogP contribution in [0.5, 0.6) is 11.5 Å². The SMILES string of the molecule is Cc1c(CC(OC(N)=O)C(=O)NN)ccc(O)c1O.